The van der Waals surface area contributed by atoms with E-state index < -0.39 is 0 Å². The van der Waals surface area contributed by atoms with Crippen LogP contribution in [0, 0.1) is 10.8 Å². The third kappa shape index (κ3) is 2.68. The van der Waals surface area contributed by atoms with E-state index in [0.29, 0.717) is 23.0 Å². The lowest BCUT2D eigenvalue weighted by Crippen LogP contribution is -2.61. The number of hydrogen-bond acceptors (Lipinski definition) is 2. The van der Waals surface area contributed by atoms with Crippen LogP contribution in [0.5, 0.6) is 0 Å². The van der Waals surface area contributed by atoms with Crippen molar-refractivity contribution in [1.29, 1.82) is 0 Å². The van der Waals surface area contributed by atoms with Crippen molar-refractivity contribution in [3.05, 3.63) is 0 Å². The number of ether oxygens (including phenoxy) is 1. The van der Waals surface area contributed by atoms with Crippen molar-refractivity contribution in [1.82, 2.24) is 5.32 Å². The Morgan fingerprint density at radius 1 is 1.18 bits per heavy atom. The summed E-state index contributed by atoms with van der Waals surface area (Å²) in [4.78, 5) is 0. The molecule has 2 fully saturated rings. The molecule has 0 aliphatic heterocycles. The molecule has 0 aromatic carbocycles. The molecule has 0 spiro atoms. The maximum atomic E-state index is 5.78. The average molecular weight is 239 g/mol. The number of hydrogen-bond donors (Lipinski definition) is 1. The van der Waals surface area contributed by atoms with Crippen LogP contribution in [0.3, 0.4) is 0 Å². The highest BCUT2D eigenvalue weighted by atomic mass is 16.5. The van der Waals surface area contributed by atoms with Gasteiger partial charge in [-0.2, -0.15) is 0 Å². The summed E-state index contributed by atoms with van der Waals surface area (Å²) >= 11 is 0. The molecule has 2 atom stereocenters. The fourth-order valence-corrected chi connectivity index (χ4v) is 3.49. The molecule has 2 aliphatic rings. The number of rotatable bonds is 5. The molecule has 0 saturated heterocycles. The third-order valence-corrected chi connectivity index (χ3v) is 5.13. The van der Waals surface area contributed by atoms with Crippen LogP contribution in [0.15, 0.2) is 0 Å². The van der Waals surface area contributed by atoms with Gasteiger partial charge >= 0.3 is 0 Å². The van der Waals surface area contributed by atoms with Gasteiger partial charge in [0.2, 0.25) is 0 Å². The standard InChI is InChI=1S/C15H29NO/c1-5-17-13-10-12(14(13,2)3)16-11-15(4)8-6-7-9-15/h12-13,16H,5-11H2,1-4H3. The first-order valence-electron chi connectivity index (χ1n) is 7.33. The first-order chi connectivity index (χ1) is 7.98. The van der Waals surface area contributed by atoms with Crippen LogP contribution in [0.25, 0.3) is 0 Å². The molecular formula is C15H29NO. The van der Waals surface area contributed by atoms with Gasteiger partial charge in [0.15, 0.2) is 0 Å². The van der Waals surface area contributed by atoms with Crippen molar-refractivity contribution in [3.8, 4) is 0 Å². The highest BCUT2D eigenvalue weighted by Crippen LogP contribution is 2.44. The third-order valence-electron chi connectivity index (χ3n) is 5.13. The lowest BCUT2D eigenvalue weighted by molar-refractivity contribution is -0.115. The molecule has 2 nitrogen and oxygen atoms in total. The van der Waals surface area contributed by atoms with Gasteiger partial charge in [-0.3, -0.25) is 0 Å². The van der Waals surface area contributed by atoms with Gasteiger partial charge < -0.3 is 10.1 Å². The Balaban J connectivity index is 1.78. The zero-order valence-electron chi connectivity index (χ0n) is 12.0. The molecule has 0 heterocycles. The molecule has 0 amide bonds. The van der Waals surface area contributed by atoms with E-state index in [9.17, 15) is 0 Å². The molecule has 0 bridgehead atoms. The molecule has 0 radical (unpaired) electrons. The fraction of sp³-hybridized carbons (Fsp3) is 1.00. The molecule has 2 aliphatic carbocycles. The van der Waals surface area contributed by atoms with Gasteiger partial charge in [-0.05, 0) is 31.6 Å². The highest BCUT2D eigenvalue weighted by Gasteiger charge is 2.49. The predicted molar refractivity (Wildman–Crippen MR) is 72.2 cm³/mol. The molecule has 2 saturated carbocycles. The molecular weight excluding hydrogens is 210 g/mol. The van der Waals surface area contributed by atoms with Crippen LogP contribution in [0.1, 0.15) is 59.8 Å². The maximum Gasteiger partial charge on any atom is 0.0655 e. The van der Waals surface area contributed by atoms with Gasteiger partial charge in [0.05, 0.1) is 6.10 Å². The van der Waals surface area contributed by atoms with E-state index in [2.05, 4.69) is 33.0 Å². The molecule has 0 aromatic rings. The van der Waals surface area contributed by atoms with E-state index in [0.717, 1.165) is 6.61 Å². The molecule has 2 unspecified atom stereocenters. The molecule has 0 aromatic heterocycles. The van der Waals surface area contributed by atoms with Gasteiger partial charge in [-0.15, -0.1) is 0 Å². The van der Waals surface area contributed by atoms with Crippen LogP contribution in [0.4, 0.5) is 0 Å². The summed E-state index contributed by atoms with van der Waals surface area (Å²) < 4.78 is 5.78. The molecule has 2 rings (SSSR count). The molecule has 1 N–H and O–H groups in total. The second-order valence-electron chi connectivity index (χ2n) is 6.95. The van der Waals surface area contributed by atoms with E-state index in [1.54, 1.807) is 0 Å². The maximum absolute atomic E-state index is 5.78. The Morgan fingerprint density at radius 2 is 1.82 bits per heavy atom. The molecule has 100 valence electrons. The Bertz CT molecular complexity index is 256. The SMILES string of the molecule is CCOC1CC(NCC2(C)CCCC2)C1(C)C. The Kier molecular flexibility index (Phi) is 3.84. The summed E-state index contributed by atoms with van der Waals surface area (Å²) in [6.07, 6.45) is 7.31. The summed E-state index contributed by atoms with van der Waals surface area (Å²) in [6.45, 7) is 11.3. The quantitative estimate of drug-likeness (QED) is 0.794. The van der Waals surface area contributed by atoms with Crippen LogP contribution in [-0.2, 0) is 4.74 Å². The lowest BCUT2D eigenvalue weighted by atomic mass is 9.64. The first-order valence-corrected chi connectivity index (χ1v) is 7.33. The second kappa shape index (κ2) is 4.89. The van der Waals surface area contributed by atoms with Crippen molar-refractivity contribution >= 4 is 0 Å². The van der Waals surface area contributed by atoms with E-state index in [-0.39, 0.29) is 0 Å². The molecule has 2 heteroatoms. The fourth-order valence-electron chi connectivity index (χ4n) is 3.49. The summed E-state index contributed by atoms with van der Waals surface area (Å²) in [6, 6.07) is 0.650. The van der Waals surface area contributed by atoms with Gasteiger partial charge in [-0.1, -0.05) is 33.6 Å². The van der Waals surface area contributed by atoms with Crippen LogP contribution in [0.2, 0.25) is 0 Å². The lowest BCUT2D eigenvalue weighted by Gasteiger charge is -2.52. The first kappa shape index (κ1) is 13.4. The van der Waals surface area contributed by atoms with Gasteiger partial charge in [0.1, 0.15) is 0 Å². The van der Waals surface area contributed by atoms with Crippen molar-refractivity contribution < 1.29 is 4.74 Å². The minimum absolute atomic E-state index is 0.310. The smallest absolute Gasteiger partial charge is 0.0655 e. The van der Waals surface area contributed by atoms with Crippen molar-refractivity contribution in [2.45, 2.75) is 71.9 Å². The van der Waals surface area contributed by atoms with E-state index in [1.165, 1.54) is 38.6 Å². The van der Waals surface area contributed by atoms with Crippen molar-refractivity contribution in [3.63, 3.8) is 0 Å². The monoisotopic (exact) mass is 239 g/mol. The minimum Gasteiger partial charge on any atom is -0.378 e. The Labute approximate surface area is 107 Å². The van der Waals surface area contributed by atoms with Crippen LogP contribution >= 0.6 is 0 Å². The van der Waals surface area contributed by atoms with Crippen LogP contribution in [-0.4, -0.2) is 25.3 Å². The van der Waals surface area contributed by atoms with E-state index in [1.807, 2.05) is 0 Å². The summed E-state index contributed by atoms with van der Waals surface area (Å²) in [5.41, 5.74) is 0.873. The van der Waals surface area contributed by atoms with E-state index >= 15 is 0 Å². The van der Waals surface area contributed by atoms with Gasteiger partial charge in [0.25, 0.3) is 0 Å². The van der Waals surface area contributed by atoms with Gasteiger partial charge in [0, 0.05) is 24.6 Å². The summed E-state index contributed by atoms with van der Waals surface area (Å²) in [7, 11) is 0. The summed E-state index contributed by atoms with van der Waals surface area (Å²) in [5, 5.41) is 3.80. The highest BCUT2D eigenvalue weighted by molar-refractivity contribution is 5.03. The van der Waals surface area contributed by atoms with Gasteiger partial charge in [-0.25, -0.2) is 0 Å². The van der Waals surface area contributed by atoms with Crippen LogP contribution < -0.4 is 5.32 Å². The minimum atomic E-state index is 0.310. The number of nitrogens with one attached hydrogen (secondary N) is 1. The predicted octanol–water partition coefficient (Wildman–Crippen LogP) is 3.36. The Hall–Kier alpha value is -0.0800. The van der Waals surface area contributed by atoms with Crippen molar-refractivity contribution in [2.75, 3.05) is 13.2 Å². The van der Waals surface area contributed by atoms with Crippen molar-refractivity contribution in [2.24, 2.45) is 10.8 Å². The molecule has 17 heavy (non-hydrogen) atoms. The second-order valence-corrected chi connectivity index (χ2v) is 6.95. The Morgan fingerprint density at radius 3 is 2.35 bits per heavy atom. The normalized spacial score (nSPS) is 34.6. The topological polar surface area (TPSA) is 21.3 Å². The zero-order valence-corrected chi connectivity index (χ0v) is 12.0. The van der Waals surface area contributed by atoms with E-state index in [4.69, 9.17) is 4.74 Å². The average Bonchev–Trinajstić information content (AvgIpc) is 2.70. The summed E-state index contributed by atoms with van der Waals surface area (Å²) in [5.74, 6) is 0. The zero-order chi connectivity index (χ0) is 12.5. The largest absolute Gasteiger partial charge is 0.378 e.